The maximum absolute atomic E-state index is 13.4. The highest BCUT2D eigenvalue weighted by atomic mass is 79.9. The van der Waals surface area contributed by atoms with E-state index in [1.54, 1.807) is 12.1 Å². The molecule has 88 valence electrons. The van der Waals surface area contributed by atoms with Gasteiger partial charge in [0.2, 0.25) is 0 Å². The molecule has 0 fully saturated rings. The normalized spacial score (nSPS) is 10.5. The molecule has 2 aromatic rings. The van der Waals surface area contributed by atoms with E-state index in [0.717, 1.165) is 11.0 Å². The summed E-state index contributed by atoms with van der Waals surface area (Å²) in [5, 5.41) is 3.23. The summed E-state index contributed by atoms with van der Waals surface area (Å²) in [6, 6.07) is 15.0. The second-order valence-electron chi connectivity index (χ2n) is 3.82. The first-order valence-corrected chi connectivity index (χ1v) is 6.23. The van der Waals surface area contributed by atoms with Crippen LogP contribution in [0.2, 0.25) is 0 Å². The number of nitrogens with one attached hydrogen (secondary N) is 1. The van der Waals surface area contributed by atoms with Crippen molar-refractivity contribution in [1.29, 1.82) is 0 Å². The third-order valence-electron chi connectivity index (χ3n) is 2.50. The summed E-state index contributed by atoms with van der Waals surface area (Å²) in [7, 11) is 0. The van der Waals surface area contributed by atoms with Gasteiger partial charge in [0.25, 0.3) is 0 Å². The topological polar surface area (TPSA) is 12.0 Å². The fraction of sp³-hybridized carbons (Fsp3) is 0.143. The van der Waals surface area contributed by atoms with Gasteiger partial charge in [-0.15, -0.1) is 0 Å². The van der Waals surface area contributed by atoms with Gasteiger partial charge in [-0.05, 0) is 23.8 Å². The zero-order valence-corrected chi connectivity index (χ0v) is 10.9. The zero-order valence-electron chi connectivity index (χ0n) is 9.29. The molecule has 0 radical (unpaired) electrons. The lowest BCUT2D eigenvalue weighted by molar-refractivity contribution is 0.587. The Morgan fingerprint density at radius 1 is 1.00 bits per heavy atom. The van der Waals surface area contributed by atoms with Crippen molar-refractivity contribution >= 4 is 15.9 Å². The summed E-state index contributed by atoms with van der Waals surface area (Å²) in [5.41, 5.74) is 1.87. The van der Waals surface area contributed by atoms with Gasteiger partial charge in [-0.3, -0.25) is 0 Å². The minimum atomic E-state index is -0.172. The fourth-order valence-electron chi connectivity index (χ4n) is 1.62. The monoisotopic (exact) mass is 293 g/mol. The van der Waals surface area contributed by atoms with E-state index in [-0.39, 0.29) is 5.82 Å². The van der Waals surface area contributed by atoms with E-state index in [2.05, 4.69) is 21.2 Å². The Labute approximate surface area is 109 Å². The average molecular weight is 294 g/mol. The molecular weight excluding hydrogens is 281 g/mol. The summed E-state index contributed by atoms with van der Waals surface area (Å²) in [6.45, 7) is 1.27. The molecule has 0 amide bonds. The van der Waals surface area contributed by atoms with Gasteiger partial charge in [-0.25, -0.2) is 4.39 Å². The zero-order chi connectivity index (χ0) is 12.1. The van der Waals surface area contributed by atoms with Gasteiger partial charge in [0.05, 0.1) is 0 Å². The van der Waals surface area contributed by atoms with Crippen LogP contribution in [0.1, 0.15) is 11.1 Å². The molecule has 0 aromatic heterocycles. The summed E-state index contributed by atoms with van der Waals surface area (Å²) in [6.07, 6.45) is 0. The molecule has 0 aliphatic carbocycles. The lowest BCUT2D eigenvalue weighted by atomic mass is 10.2. The molecule has 0 bridgehead atoms. The number of halogens is 2. The molecular formula is C14H13BrFN. The van der Waals surface area contributed by atoms with Crippen LogP contribution in [-0.4, -0.2) is 0 Å². The van der Waals surface area contributed by atoms with Gasteiger partial charge in [0, 0.05) is 23.1 Å². The van der Waals surface area contributed by atoms with Crippen molar-refractivity contribution in [3.05, 3.63) is 69.9 Å². The second kappa shape index (κ2) is 5.94. The number of benzene rings is 2. The van der Waals surface area contributed by atoms with Crippen LogP contribution in [0.5, 0.6) is 0 Å². The first kappa shape index (κ1) is 12.3. The largest absolute Gasteiger partial charge is 0.309 e. The second-order valence-corrected chi connectivity index (χ2v) is 4.74. The molecule has 2 rings (SSSR count). The highest BCUT2D eigenvalue weighted by Gasteiger charge is 2.02. The average Bonchev–Trinajstić information content (AvgIpc) is 2.35. The van der Waals surface area contributed by atoms with Gasteiger partial charge < -0.3 is 5.32 Å². The number of hydrogen-bond donors (Lipinski definition) is 1. The molecule has 1 N–H and O–H groups in total. The van der Waals surface area contributed by atoms with E-state index < -0.39 is 0 Å². The predicted molar refractivity (Wildman–Crippen MR) is 71.1 cm³/mol. The third-order valence-corrected chi connectivity index (χ3v) is 2.99. The third kappa shape index (κ3) is 3.65. The molecule has 0 atom stereocenters. The Bertz CT molecular complexity index is 485. The first-order valence-electron chi connectivity index (χ1n) is 5.44. The van der Waals surface area contributed by atoms with Gasteiger partial charge in [0.15, 0.2) is 0 Å². The minimum absolute atomic E-state index is 0.172. The van der Waals surface area contributed by atoms with Crippen molar-refractivity contribution in [3.63, 3.8) is 0 Å². The van der Waals surface area contributed by atoms with E-state index in [0.29, 0.717) is 12.1 Å². The van der Waals surface area contributed by atoms with Crippen molar-refractivity contribution < 1.29 is 4.39 Å². The molecule has 17 heavy (non-hydrogen) atoms. The van der Waals surface area contributed by atoms with Crippen LogP contribution >= 0.6 is 15.9 Å². The Hall–Kier alpha value is -1.19. The van der Waals surface area contributed by atoms with Crippen LogP contribution < -0.4 is 5.32 Å². The van der Waals surface area contributed by atoms with Gasteiger partial charge >= 0.3 is 0 Å². The van der Waals surface area contributed by atoms with Gasteiger partial charge in [-0.2, -0.15) is 0 Å². The fourth-order valence-corrected chi connectivity index (χ4v) is 2.02. The van der Waals surface area contributed by atoms with Crippen LogP contribution in [0.25, 0.3) is 0 Å². The quantitative estimate of drug-likeness (QED) is 0.902. The molecule has 0 aliphatic heterocycles. The molecule has 0 unspecified atom stereocenters. The van der Waals surface area contributed by atoms with Crippen molar-refractivity contribution in [1.82, 2.24) is 5.32 Å². The van der Waals surface area contributed by atoms with Crippen molar-refractivity contribution in [2.45, 2.75) is 13.1 Å². The maximum Gasteiger partial charge on any atom is 0.127 e. The van der Waals surface area contributed by atoms with Crippen LogP contribution in [0.3, 0.4) is 0 Å². The number of hydrogen-bond acceptors (Lipinski definition) is 1. The molecule has 0 saturated carbocycles. The van der Waals surface area contributed by atoms with E-state index in [9.17, 15) is 4.39 Å². The van der Waals surface area contributed by atoms with Gasteiger partial charge in [-0.1, -0.05) is 46.3 Å². The Morgan fingerprint density at radius 3 is 2.53 bits per heavy atom. The molecule has 0 saturated heterocycles. The van der Waals surface area contributed by atoms with Gasteiger partial charge in [0.1, 0.15) is 5.82 Å². The summed E-state index contributed by atoms with van der Waals surface area (Å²) >= 11 is 3.34. The van der Waals surface area contributed by atoms with E-state index in [1.165, 1.54) is 11.6 Å². The summed E-state index contributed by atoms with van der Waals surface area (Å²) in [4.78, 5) is 0. The van der Waals surface area contributed by atoms with Crippen LogP contribution in [-0.2, 0) is 13.1 Å². The van der Waals surface area contributed by atoms with E-state index in [1.807, 2.05) is 30.3 Å². The standard InChI is InChI=1S/C14H13BrFN/c15-13-6-7-14(16)12(8-13)10-17-9-11-4-2-1-3-5-11/h1-8,17H,9-10H2. The number of rotatable bonds is 4. The lowest BCUT2D eigenvalue weighted by Gasteiger charge is -2.06. The summed E-state index contributed by atoms with van der Waals surface area (Å²) < 4.78 is 14.3. The van der Waals surface area contributed by atoms with Crippen LogP contribution in [0, 0.1) is 5.82 Å². The predicted octanol–water partition coefficient (Wildman–Crippen LogP) is 3.88. The van der Waals surface area contributed by atoms with Crippen molar-refractivity contribution in [3.8, 4) is 0 Å². The summed E-state index contributed by atoms with van der Waals surface area (Å²) in [5.74, 6) is -0.172. The maximum atomic E-state index is 13.4. The van der Waals surface area contributed by atoms with Crippen LogP contribution in [0.4, 0.5) is 4.39 Å². The Balaban J connectivity index is 1.92. The van der Waals surface area contributed by atoms with Crippen molar-refractivity contribution in [2.75, 3.05) is 0 Å². The first-order chi connectivity index (χ1) is 8.25. The Kier molecular flexibility index (Phi) is 4.29. The van der Waals surface area contributed by atoms with E-state index >= 15 is 0 Å². The highest BCUT2D eigenvalue weighted by molar-refractivity contribution is 9.10. The highest BCUT2D eigenvalue weighted by Crippen LogP contribution is 2.15. The van der Waals surface area contributed by atoms with Crippen molar-refractivity contribution in [2.24, 2.45) is 0 Å². The molecule has 0 spiro atoms. The van der Waals surface area contributed by atoms with Crippen LogP contribution in [0.15, 0.2) is 53.0 Å². The molecule has 0 aliphatic rings. The molecule has 0 heterocycles. The smallest absolute Gasteiger partial charge is 0.127 e. The Morgan fingerprint density at radius 2 is 1.76 bits per heavy atom. The van der Waals surface area contributed by atoms with E-state index in [4.69, 9.17) is 0 Å². The molecule has 3 heteroatoms. The molecule has 2 aromatic carbocycles. The minimum Gasteiger partial charge on any atom is -0.309 e. The SMILES string of the molecule is Fc1ccc(Br)cc1CNCc1ccccc1. The lowest BCUT2D eigenvalue weighted by Crippen LogP contribution is -2.13. The molecule has 1 nitrogen and oxygen atoms in total.